The van der Waals surface area contributed by atoms with E-state index in [9.17, 15) is 8.78 Å². The van der Waals surface area contributed by atoms with E-state index in [-0.39, 0.29) is 0 Å². The molecule has 0 aliphatic heterocycles. The Balaban J connectivity index is 1.74. The van der Waals surface area contributed by atoms with Gasteiger partial charge >= 0.3 is 0 Å². The van der Waals surface area contributed by atoms with Crippen molar-refractivity contribution < 1.29 is 8.78 Å². The van der Waals surface area contributed by atoms with Crippen molar-refractivity contribution in [2.24, 2.45) is 5.73 Å². The Morgan fingerprint density at radius 1 is 1.06 bits per heavy atom. The molecule has 0 atom stereocenters. The molecule has 0 radical (unpaired) electrons. The second-order valence-corrected chi connectivity index (χ2v) is 5.09. The molecule has 2 rings (SSSR count). The van der Waals surface area contributed by atoms with Gasteiger partial charge in [-0.05, 0) is 56.3 Å². The van der Waals surface area contributed by atoms with Crippen LogP contribution in [0.5, 0.6) is 0 Å². The van der Waals surface area contributed by atoms with Gasteiger partial charge in [0, 0.05) is 18.2 Å². The Morgan fingerprint density at radius 2 is 1.67 bits per heavy atom. The highest BCUT2D eigenvalue weighted by molar-refractivity contribution is 5.18. The fraction of sp³-hybridized carbons (Fsp3) is 0.571. The Morgan fingerprint density at radius 3 is 2.28 bits per heavy atom. The minimum atomic E-state index is -0.506. The maximum absolute atomic E-state index is 13.0. The summed E-state index contributed by atoms with van der Waals surface area (Å²) < 4.78 is 26.0. The minimum Gasteiger partial charge on any atom is -0.328 e. The summed E-state index contributed by atoms with van der Waals surface area (Å²) in [5.41, 5.74) is 6.54. The lowest BCUT2D eigenvalue weighted by molar-refractivity contribution is 0.344. The van der Waals surface area contributed by atoms with E-state index in [1.54, 1.807) is 0 Å². The third-order valence-corrected chi connectivity index (χ3v) is 3.54. The largest absolute Gasteiger partial charge is 0.328 e. The number of hydrogen-bond acceptors (Lipinski definition) is 2. The van der Waals surface area contributed by atoms with Gasteiger partial charge in [0.25, 0.3) is 0 Å². The number of benzene rings is 1. The van der Waals surface area contributed by atoms with Crippen LogP contribution in [0, 0.1) is 11.6 Å². The van der Waals surface area contributed by atoms with Crippen molar-refractivity contribution in [1.82, 2.24) is 5.32 Å². The summed E-state index contributed by atoms with van der Waals surface area (Å²) in [6.45, 7) is 0.753. The van der Waals surface area contributed by atoms with Gasteiger partial charge < -0.3 is 11.1 Å². The lowest BCUT2D eigenvalue weighted by Crippen LogP contribution is -2.38. The molecule has 1 aliphatic rings. The first-order chi connectivity index (χ1) is 8.63. The van der Waals surface area contributed by atoms with E-state index in [2.05, 4.69) is 5.32 Å². The predicted octanol–water partition coefficient (Wildman–Crippen LogP) is 2.37. The maximum Gasteiger partial charge on any atom is 0.126 e. The number of nitrogens with two attached hydrogens (primary N) is 1. The molecule has 1 saturated carbocycles. The first kappa shape index (κ1) is 13.4. The SMILES string of the molecule is NC1CCC(NCCc2cc(F)cc(F)c2)CC1. The molecule has 0 amide bonds. The van der Waals surface area contributed by atoms with Gasteiger partial charge in [-0.1, -0.05) is 0 Å². The monoisotopic (exact) mass is 254 g/mol. The van der Waals surface area contributed by atoms with Crippen molar-refractivity contribution in [3.05, 3.63) is 35.4 Å². The molecule has 0 heterocycles. The van der Waals surface area contributed by atoms with Gasteiger partial charge in [-0.15, -0.1) is 0 Å². The summed E-state index contributed by atoms with van der Waals surface area (Å²) in [6, 6.07) is 4.53. The van der Waals surface area contributed by atoms with Crippen molar-refractivity contribution in [3.8, 4) is 0 Å². The molecule has 0 saturated heterocycles. The highest BCUT2D eigenvalue weighted by Gasteiger charge is 2.17. The van der Waals surface area contributed by atoms with Crippen LogP contribution in [0.2, 0.25) is 0 Å². The number of rotatable bonds is 4. The zero-order chi connectivity index (χ0) is 13.0. The summed E-state index contributed by atoms with van der Waals surface area (Å²) in [6.07, 6.45) is 4.97. The molecule has 3 N–H and O–H groups in total. The molecule has 100 valence electrons. The van der Waals surface area contributed by atoms with Gasteiger partial charge in [0.05, 0.1) is 0 Å². The van der Waals surface area contributed by atoms with Crippen molar-refractivity contribution >= 4 is 0 Å². The molecule has 18 heavy (non-hydrogen) atoms. The molecule has 1 fully saturated rings. The first-order valence-corrected chi connectivity index (χ1v) is 6.57. The number of halogens is 2. The van der Waals surface area contributed by atoms with Crippen LogP contribution in [0.4, 0.5) is 8.78 Å². The summed E-state index contributed by atoms with van der Waals surface area (Å²) in [5, 5.41) is 3.43. The van der Waals surface area contributed by atoms with Crippen LogP contribution < -0.4 is 11.1 Å². The van der Waals surface area contributed by atoms with E-state index >= 15 is 0 Å². The number of nitrogens with one attached hydrogen (secondary N) is 1. The Kier molecular flexibility index (Phi) is 4.66. The Bertz CT molecular complexity index is 367. The minimum absolute atomic E-state index is 0.348. The smallest absolute Gasteiger partial charge is 0.126 e. The van der Waals surface area contributed by atoms with Crippen LogP contribution >= 0.6 is 0 Å². The van der Waals surface area contributed by atoms with Crippen molar-refractivity contribution in [3.63, 3.8) is 0 Å². The van der Waals surface area contributed by atoms with Crippen LogP contribution in [-0.2, 0) is 6.42 Å². The van der Waals surface area contributed by atoms with E-state index in [0.29, 0.717) is 24.1 Å². The summed E-state index contributed by atoms with van der Waals surface area (Å²) in [7, 11) is 0. The zero-order valence-corrected chi connectivity index (χ0v) is 10.5. The van der Waals surface area contributed by atoms with E-state index in [1.165, 1.54) is 12.1 Å². The molecule has 1 aromatic carbocycles. The summed E-state index contributed by atoms with van der Waals surface area (Å²) >= 11 is 0. The molecule has 4 heteroatoms. The normalized spacial score (nSPS) is 24.2. The third-order valence-electron chi connectivity index (χ3n) is 3.54. The average Bonchev–Trinajstić information content (AvgIpc) is 2.30. The second-order valence-electron chi connectivity index (χ2n) is 5.09. The van der Waals surface area contributed by atoms with E-state index < -0.39 is 11.6 Å². The summed E-state index contributed by atoms with van der Waals surface area (Å²) in [5.74, 6) is -1.01. The van der Waals surface area contributed by atoms with Crippen LogP contribution in [0.25, 0.3) is 0 Å². The van der Waals surface area contributed by atoms with Crippen molar-refractivity contribution in [2.45, 2.75) is 44.2 Å². The lowest BCUT2D eigenvalue weighted by atomic mass is 9.92. The number of hydrogen-bond donors (Lipinski definition) is 2. The molecule has 0 aromatic heterocycles. The zero-order valence-electron chi connectivity index (χ0n) is 10.5. The molecule has 1 aliphatic carbocycles. The topological polar surface area (TPSA) is 38.0 Å². The van der Waals surface area contributed by atoms with Gasteiger partial charge in [0.2, 0.25) is 0 Å². The van der Waals surface area contributed by atoms with E-state index in [0.717, 1.165) is 38.3 Å². The van der Waals surface area contributed by atoms with E-state index in [1.807, 2.05) is 0 Å². The fourth-order valence-electron chi connectivity index (χ4n) is 2.50. The van der Waals surface area contributed by atoms with Crippen molar-refractivity contribution in [2.75, 3.05) is 6.54 Å². The highest BCUT2D eigenvalue weighted by atomic mass is 19.1. The Hall–Kier alpha value is -1.00. The lowest BCUT2D eigenvalue weighted by Gasteiger charge is -2.26. The molecular weight excluding hydrogens is 234 g/mol. The standard InChI is InChI=1S/C14H20F2N2/c15-11-7-10(8-12(16)9-11)5-6-18-14-3-1-13(17)2-4-14/h7-9,13-14,18H,1-6,17H2. The molecule has 2 nitrogen and oxygen atoms in total. The predicted molar refractivity (Wildman–Crippen MR) is 68.3 cm³/mol. The average molecular weight is 254 g/mol. The quantitative estimate of drug-likeness (QED) is 0.865. The van der Waals surface area contributed by atoms with Crippen LogP contribution in [0.3, 0.4) is 0 Å². The maximum atomic E-state index is 13.0. The molecule has 0 spiro atoms. The van der Waals surface area contributed by atoms with E-state index in [4.69, 9.17) is 5.73 Å². The van der Waals surface area contributed by atoms with Crippen molar-refractivity contribution in [1.29, 1.82) is 0 Å². The highest BCUT2D eigenvalue weighted by Crippen LogP contribution is 2.17. The second kappa shape index (κ2) is 6.25. The molecular formula is C14H20F2N2. The molecule has 1 aromatic rings. The third kappa shape index (κ3) is 4.03. The van der Waals surface area contributed by atoms with Crippen LogP contribution in [0.15, 0.2) is 18.2 Å². The Labute approximate surface area is 107 Å². The van der Waals surface area contributed by atoms with Gasteiger partial charge in [-0.3, -0.25) is 0 Å². The van der Waals surface area contributed by atoms with Gasteiger partial charge in [0.1, 0.15) is 11.6 Å². The fourth-order valence-corrected chi connectivity index (χ4v) is 2.50. The van der Waals surface area contributed by atoms with Gasteiger partial charge in [-0.2, -0.15) is 0 Å². The summed E-state index contributed by atoms with van der Waals surface area (Å²) in [4.78, 5) is 0. The van der Waals surface area contributed by atoms with Gasteiger partial charge in [0.15, 0.2) is 0 Å². The first-order valence-electron chi connectivity index (χ1n) is 6.57. The van der Waals surface area contributed by atoms with Gasteiger partial charge in [-0.25, -0.2) is 8.78 Å². The molecule has 0 unspecified atom stereocenters. The molecule has 0 bridgehead atoms. The van der Waals surface area contributed by atoms with Crippen LogP contribution in [0.1, 0.15) is 31.2 Å². The van der Waals surface area contributed by atoms with Crippen LogP contribution in [-0.4, -0.2) is 18.6 Å².